The van der Waals surface area contributed by atoms with Crippen LogP contribution in [0.1, 0.15) is 21.5 Å². The van der Waals surface area contributed by atoms with E-state index in [9.17, 15) is 4.79 Å². The van der Waals surface area contributed by atoms with Gasteiger partial charge >= 0.3 is 0 Å². The van der Waals surface area contributed by atoms with Gasteiger partial charge in [-0.25, -0.2) is 0 Å². The molecular weight excluding hydrogens is 312 g/mol. The fraction of sp³-hybridized carbons (Fsp3) is 0.154. The first-order valence-electron chi connectivity index (χ1n) is 5.55. The molecule has 0 bridgehead atoms. The van der Waals surface area contributed by atoms with E-state index in [1.165, 1.54) is 16.2 Å². The monoisotopic (exact) mass is 324 g/mol. The van der Waals surface area contributed by atoms with Gasteiger partial charge in [-0.2, -0.15) is 0 Å². The second-order valence-corrected chi connectivity index (χ2v) is 5.83. The molecule has 0 aliphatic heterocycles. The van der Waals surface area contributed by atoms with E-state index in [0.29, 0.717) is 16.3 Å². The Morgan fingerprint density at radius 3 is 2.78 bits per heavy atom. The molecule has 2 aromatic rings. The minimum atomic E-state index is -0.0959. The van der Waals surface area contributed by atoms with Crippen LogP contribution in [0.2, 0.25) is 0 Å². The summed E-state index contributed by atoms with van der Waals surface area (Å²) in [6.45, 7) is 2.07. The lowest BCUT2D eigenvalue weighted by molar-refractivity contribution is 0.103. The summed E-state index contributed by atoms with van der Waals surface area (Å²) in [6, 6.07) is 9.19. The molecule has 0 spiro atoms. The summed E-state index contributed by atoms with van der Waals surface area (Å²) >= 11 is 4.83. The normalized spacial score (nSPS) is 10.3. The molecule has 0 aliphatic carbocycles. The van der Waals surface area contributed by atoms with Crippen molar-refractivity contribution in [1.29, 1.82) is 0 Å². The van der Waals surface area contributed by atoms with Crippen molar-refractivity contribution in [2.75, 3.05) is 11.1 Å². The van der Waals surface area contributed by atoms with Gasteiger partial charge in [-0.15, -0.1) is 11.3 Å². The molecule has 3 nitrogen and oxygen atoms in total. The molecule has 1 aromatic heterocycles. The molecule has 0 aliphatic rings. The minimum absolute atomic E-state index is 0.0959. The molecule has 94 valence electrons. The molecule has 1 amide bonds. The highest BCUT2D eigenvalue weighted by atomic mass is 79.9. The highest BCUT2D eigenvalue weighted by Crippen LogP contribution is 2.24. The van der Waals surface area contributed by atoms with Gasteiger partial charge in [0.15, 0.2) is 0 Å². The molecule has 2 rings (SSSR count). The maximum Gasteiger partial charge on any atom is 0.265 e. The Morgan fingerprint density at radius 2 is 2.17 bits per heavy atom. The molecule has 0 atom stereocenters. The van der Waals surface area contributed by atoms with Crippen LogP contribution < -0.4 is 11.1 Å². The van der Waals surface area contributed by atoms with E-state index in [4.69, 9.17) is 5.73 Å². The van der Waals surface area contributed by atoms with Gasteiger partial charge in [-0.1, -0.05) is 6.92 Å². The van der Waals surface area contributed by atoms with Gasteiger partial charge in [0, 0.05) is 20.7 Å². The molecule has 0 saturated heterocycles. The maximum absolute atomic E-state index is 12.0. The summed E-state index contributed by atoms with van der Waals surface area (Å²) in [5.74, 6) is -0.0959. The zero-order chi connectivity index (χ0) is 13.1. The number of amides is 1. The first-order valence-corrected chi connectivity index (χ1v) is 7.16. The number of hydrogen-bond acceptors (Lipinski definition) is 3. The highest BCUT2D eigenvalue weighted by Gasteiger charge is 2.09. The van der Waals surface area contributed by atoms with Gasteiger partial charge in [-0.05, 0) is 52.7 Å². The second-order valence-electron chi connectivity index (χ2n) is 3.81. The van der Waals surface area contributed by atoms with E-state index in [0.717, 1.165) is 10.9 Å². The fourth-order valence-electron chi connectivity index (χ4n) is 1.50. The third kappa shape index (κ3) is 2.91. The predicted molar refractivity (Wildman–Crippen MR) is 80.2 cm³/mol. The summed E-state index contributed by atoms with van der Waals surface area (Å²) in [7, 11) is 0. The zero-order valence-corrected chi connectivity index (χ0v) is 12.3. The number of nitrogen functional groups attached to an aromatic ring is 1. The number of rotatable bonds is 3. The van der Waals surface area contributed by atoms with Crippen LogP contribution in [0.15, 0.2) is 34.8 Å². The van der Waals surface area contributed by atoms with Crippen molar-refractivity contribution >= 4 is 44.5 Å². The molecule has 0 unspecified atom stereocenters. The van der Waals surface area contributed by atoms with Crippen molar-refractivity contribution in [3.8, 4) is 0 Å². The molecule has 1 aromatic carbocycles. The van der Waals surface area contributed by atoms with Crippen LogP contribution in [0.3, 0.4) is 0 Å². The Balaban J connectivity index is 2.13. The molecule has 18 heavy (non-hydrogen) atoms. The Labute approximate surface area is 118 Å². The smallest absolute Gasteiger partial charge is 0.265 e. The SMILES string of the molecule is CCc1ccc(C(=O)Nc2ccc(Br)c(N)c2)s1. The van der Waals surface area contributed by atoms with E-state index in [-0.39, 0.29) is 5.91 Å². The number of anilines is 2. The number of hydrogen-bond donors (Lipinski definition) is 2. The Bertz CT molecular complexity index is 580. The lowest BCUT2D eigenvalue weighted by Crippen LogP contribution is -2.10. The number of halogens is 1. The summed E-state index contributed by atoms with van der Waals surface area (Å²) in [5.41, 5.74) is 7.07. The number of nitrogens with one attached hydrogen (secondary N) is 1. The van der Waals surface area contributed by atoms with Crippen LogP contribution >= 0.6 is 27.3 Å². The zero-order valence-electron chi connectivity index (χ0n) is 9.87. The Hall–Kier alpha value is -1.33. The van der Waals surface area contributed by atoms with Crippen molar-refractivity contribution in [2.45, 2.75) is 13.3 Å². The second kappa shape index (κ2) is 5.54. The number of benzene rings is 1. The lowest BCUT2D eigenvalue weighted by Gasteiger charge is -2.05. The molecule has 3 N–H and O–H groups in total. The van der Waals surface area contributed by atoms with E-state index < -0.39 is 0 Å². The van der Waals surface area contributed by atoms with Crippen molar-refractivity contribution in [2.24, 2.45) is 0 Å². The van der Waals surface area contributed by atoms with Gasteiger partial charge in [0.2, 0.25) is 0 Å². The predicted octanol–water partition coefficient (Wildman–Crippen LogP) is 3.91. The van der Waals surface area contributed by atoms with Crippen LogP contribution in [0.4, 0.5) is 11.4 Å². The Kier molecular flexibility index (Phi) is 4.04. The minimum Gasteiger partial charge on any atom is -0.398 e. The van der Waals surface area contributed by atoms with Gasteiger partial charge < -0.3 is 11.1 Å². The first kappa shape index (κ1) is 13.1. The average Bonchev–Trinajstić information content (AvgIpc) is 2.82. The van der Waals surface area contributed by atoms with Crippen LogP contribution in [0, 0.1) is 0 Å². The van der Waals surface area contributed by atoms with Crippen LogP contribution in [-0.4, -0.2) is 5.91 Å². The van der Waals surface area contributed by atoms with Gasteiger partial charge in [-0.3, -0.25) is 4.79 Å². The van der Waals surface area contributed by atoms with E-state index in [1.54, 1.807) is 6.07 Å². The van der Waals surface area contributed by atoms with Crippen molar-refractivity contribution < 1.29 is 4.79 Å². The third-order valence-corrected chi connectivity index (χ3v) is 4.44. The Morgan fingerprint density at radius 1 is 1.39 bits per heavy atom. The molecule has 5 heteroatoms. The summed E-state index contributed by atoms with van der Waals surface area (Å²) in [5, 5.41) is 2.83. The van der Waals surface area contributed by atoms with Crippen LogP contribution in [0.5, 0.6) is 0 Å². The molecule has 0 saturated carbocycles. The number of aryl methyl sites for hydroxylation is 1. The van der Waals surface area contributed by atoms with Gasteiger partial charge in [0.25, 0.3) is 5.91 Å². The number of nitrogens with two attached hydrogens (primary N) is 1. The quantitative estimate of drug-likeness (QED) is 0.841. The maximum atomic E-state index is 12.0. The van der Waals surface area contributed by atoms with E-state index >= 15 is 0 Å². The number of thiophene rings is 1. The summed E-state index contributed by atoms with van der Waals surface area (Å²) in [6.07, 6.45) is 0.948. The molecular formula is C13H13BrN2OS. The van der Waals surface area contributed by atoms with Gasteiger partial charge in [0.1, 0.15) is 0 Å². The van der Waals surface area contributed by atoms with Crippen LogP contribution in [0.25, 0.3) is 0 Å². The van der Waals surface area contributed by atoms with E-state index in [1.807, 2.05) is 24.3 Å². The van der Waals surface area contributed by atoms with Crippen LogP contribution in [-0.2, 0) is 6.42 Å². The van der Waals surface area contributed by atoms with Crippen molar-refractivity contribution in [3.63, 3.8) is 0 Å². The molecule has 0 radical (unpaired) electrons. The van der Waals surface area contributed by atoms with Crippen molar-refractivity contribution in [1.82, 2.24) is 0 Å². The molecule has 0 fully saturated rings. The fourth-order valence-corrected chi connectivity index (χ4v) is 2.59. The standard InChI is InChI=1S/C13H13BrN2OS/c1-2-9-4-6-12(18-9)13(17)16-8-3-5-10(14)11(15)7-8/h3-7H,2,15H2,1H3,(H,16,17). The molecule has 1 heterocycles. The van der Waals surface area contributed by atoms with E-state index in [2.05, 4.69) is 28.2 Å². The van der Waals surface area contributed by atoms with Gasteiger partial charge in [0.05, 0.1) is 4.88 Å². The number of carbonyl (C=O) groups excluding carboxylic acids is 1. The first-order chi connectivity index (χ1) is 8.60. The summed E-state index contributed by atoms with van der Waals surface area (Å²) in [4.78, 5) is 13.9. The summed E-state index contributed by atoms with van der Waals surface area (Å²) < 4.78 is 0.824. The number of carbonyl (C=O) groups is 1. The largest absolute Gasteiger partial charge is 0.398 e. The lowest BCUT2D eigenvalue weighted by atomic mass is 10.3. The topological polar surface area (TPSA) is 55.1 Å². The highest BCUT2D eigenvalue weighted by molar-refractivity contribution is 9.10. The van der Waals surface area contributed by atoms with Crippen molar-refractivity contribution in [3.05, 3.63) is 44.6 Å². The average molecular weight is 325 g/mol. The third-order valence-electron chi connectivity index (χ3n) is 2.49.